The Morgan fingerprint density at radius 1 is 1.27 bits per heavy atom. The molecule has 2 amide bonds. The van der Waals surface area contributed by atoms with Gasteiger partial charge in [-0.05, 0) is 46.0 Å². The minimum absolute atomic E-state index is 0.00386. The van der Waals surface area contributed by atoms with Gasteiger partial charge in [-0.25, -0.2) is 4.79 Å². The number of alkyl carbamates (subject to hydrolysis) is 1. The predicted molar refractivity (Wildman–Crippen MR) is 84.6 cm³/mol. The number of carbonyl (C=O) groups is 2. The van der Waals surface area contributed by atoms with E-state index in [0.717, 1.165) is 6.42 Å². The third kappa shape index (κ3) is 5.83. The molecule has 0 bridgehead atoms. The van der Waals surface area contributed by atoms with Gasteiger partial charge < -0.3 is 19.7 Å². The number of nitrogens with zero attached hydrogens (tertiary/aromatic N) is 1. The average Bonchev–Trinajstić information content (AvgIpc) is 2.35. The van der Waals surface area contributed by atoms with Crippen molar-refractivity contribution >= 4 is 12.0 Å². The molecular formula is C16H30N2O4. The van der Waals surface area contributed by atoms with E-state index in [0.29, 0.717) is 19.0 Å². The van der Waals surface area contributed by atoms with Gasteiger partial charge in [0.25, 0.3) is 0 Å². The van der Waals surface area contributed by atoms with Crippen LogP contribution < -0.4 is 5.32 Å². The van der Waals surface area contributed by atoms with Crippen LogP contribution in [-0.2, 0) is 14.3 Å². The van der Waals surface area contributed by atoms with Crippen molar-refractivity contribution < 1.29 is 19.1 Å². The van der Waals surface area contributed by atoms with Crippen molar-refractivity contribution in [3.8, 4) is 0 Å². The minimum Gasteiger partial charge on any atom is -0.444 e. The van der Waals surface area contributed by atoms with Gasteiger partial charge in [-0.1, -0.05) is 6.92 Å². The molecular weight excluding hydrogens is 284 g/mol. The summed E-state index contributed by atoms with van der Waals surface area (Å²) in [6.45, 7) is 11.0. The summed E-state index contributed by atoms with van der Waals surface area (Å²) in [5.74, 6) is 0.672. The summed E-state index contributed by atoms with van der Waals surface area (Å²) < 4.78 is 10.2. The SMILES string of the molecule is COCC(=O)N1CC(CNC(=O)OC(C)(C)C)C(C)CC1C. The molecule has 0 radical (unpaired) electrons. The lowest BCUT2D eigenvalue weighted by Crippen LogP contribution is -2.52. The molecule has 0 aromatic rings. The van der Waals surface area contributed by atoms with Crippen molar-refractivity contribution in [3.05, 3.63) is 0 Å². The minimum atomic E-state index is -0.503. The zero-order chi connectivity index (χ0) is 16.9. The van der Waals surface area contributed by atoms with Crippen LogP contribution in [0.3, 0.4) is 0 Å². The van der Waals surface area contributed by atoms with Gasteiger partial charge in [0.2, 0.25) is 5.91 Å². The van der Waals surface area contributed by atoms with E-state index in [4.69, 9.17) is 9.47 Å². The topological polar surface area (TPSA) is 67.9 Å². The molecule has 1 N–H and O–H groups in total. The van der Waals surface area contributed by atoms with E-state index >= 15 is 0 Å². The van der Waals surface area contributed by atoms with Crippen molar-refractivity contribution in [2.45, 2.75) is 52.7 Å². The van der Waals surface area contributed by atoms with Crippen LogP contribution in [0.15, 0.2) is 0 Å². The number of amides is 2. The third-order valence-corrected chi connectivity index (χ3v) is 3.98. The fraction of sp³-hybridized carbons (Fsp3) is 0.875. The first-order valence-corrected chi connectivity index (χ1v) is 7.89. The van der Waals surface area contributed by atoms with Gasteiger partial charge in [0, 0.05) is 26.2 Å². The van der Waals surface area contributed by atoms with Crippen LogP contribution in [-0.4, -0.2) is 55.3 Å². The zero-order valence-electron chi connectivity index (χ0n) is 14.6. The van der Waals surface area contributed by atoms with Gasteiger partial charge in [-0.2, -0.15) is 0 Å². The van der Waals surface area contributed by atoms with Crippen molar-refractivity contribution in [3.63, 3.8) is 0 Å². The van der Waals surface area contributed by atoms with Crippen LogP contribution in [0.2, 0.25) is 0 Å². The van der Waals surface area contributed by atoms with Gasteiger partial charge in [0.1, 0.15) is 12.2 Å². The van der Waals surface area contributed by atoms with E-state index in [-0.39, 0.29) is 24.5 Å². The second-order valence-corrected chi connectivity index (χ2v) is 7.18. The molecule has 6 heteroatoms. The number of hydrogen-bond donors (Lipinski definition) is 1. The molecule has 0 saturated carbocycles. The highest BCUT2D eigenvalue weighted by Crippen LogP contribution is 2.27. The quantitative estimate of drug-likeness (QED) is 0.862. The number of ether oxygens (including phenoxy) is 2. The molecule has 1 rings (SSSR count). The lowest BCUT2D eigenvalue weighted by molar-refractivity contribution is -0.140. The number of likely N-dealkylation sites (tertiary alicyclic amines) is 1. The van der Waals surface area contributed by atoms with E-state index in [1.54, 1.807) is 0 Å². The summed E-state index contributed by atoms with van der Waals surface area (Å²) >= 11 is 0. The largest absolute Gasteiger partial charge is 0.444 e. The van der Waals surface area contributed by atoms with Crippen molar-refractivity contribution in [2.75, 3.05) is 26.8 Å². The van der Waals surface area contributed by atoms with E-state index in [1.165, 1.54) is 7.11 Å². The monoisotopic (exact) mass is 314 g/mol. The lowest BCUT2D eigenvalue weighted by atomic mass is 9.83. The summed E-state index contributed by atoms with van der Waals surface area (Å²) in [7, 11) is 1.52. The standard InChI is InChI=1S/C16H30N2O4/c1-11-7-12(2)18(14(19)10-21-6)9-13(11)8-17-15(20)22-16(3,4)5/h11-13H,7-10H2,1-6H3,(H,17,20). The molecule has 0 aromatic carbocycles. The number of rotatable bonds is 4. The molecule has 3 atom stereocenters. The summed E-state index contributed by atoms with van der Waals surface area (Å²) in [5, 5.41) is 2.82. The molecule has 1 heterocycles. The number of methoxy groups -OCH3 is 1. The molecule has 6 nitrogen and oxygen atoms in total. The van der Waals surface area contributed by atoms with Gasteiger partial charge in [0.05, 0.1) is 0 Å². The maximum Gasteiger partial charge on any atom is 0.407 e. The Labute approximate surface area is 133 Å². The fourth-order valence-electron chi connectivity index (χ4n) is 2.82. The summed E-state index contributed by atoms with van der Waals surface area (Å²) in [4.78, 5) is 25.7. The van der Waals surface area contributed by atoms with E-state index in [2.05, 4.69) is 19.2 Å². The molecule has 1 aliphatic rings. The molecule has 0 aromatic heterocycles. The Morgan fingerprint density at radius 2 is 1.91 bits per heavy atom. The number of carbonyl (C=O) groups excluding carboxylic acids is 2. The molecule has 0 aliphatic carbocycles. The molecule has 0 spiro atoms. The molecule has 22 heavy (non-hydrogen) atoms. The van der Waals surface area contributed by atoms with Crippen molar-refractivity contribution in [1.82, 2.24) is 10.2 Å². The number of hydrogen-bond acceptors (Lipinski definition) is 4. The second kappa shape index (κ2) is 7.81. The summed E-state index contributed by atoms with van der Waals surface area (Å²) in [5.41, 5.74) is -0.503. The van der Waals surface area contributed by atoms with Crippen LogP contribution in [0, 0.1) is 11.8 Å². The predicted octanol–water partition coefficient (Wildman–Crippen LogP) is 2.03. The molecule has 1 aliphatic heterocycles. The van der Waals surface area contributed by atoms with Crippen LogP contribution in [0.1, 0.15) is 41.0 Å². The van der Waals surface area contributed by atoms with Crippen molar-refractivity contribution in [1.29, 1.82) is 0 Å². The third-order valence-electron chi connectivity index (χ3n) is 3.98. The summed E-state index contributed by atoms with van der Waals surface area (Å²) in [6, 6.07) is 0.204. The highest BCUT2D eigenvalue weighted by atomic mass is 16.6. The Kier molecular flexibility index (Phi) is 6.66. The Hall–Kier alpha value is -1.30. The highest BCUT2D eigenvalue weighted by molar-refractivity contribution is 5.78. The molecule has 1 fully saturated rings. The first-order valence-electron chi connectivity index (χ1n) is 7.89. The fourth-order valence-corrected chi connectivity index (χ4v) is 2.82. The first kappa shape index (κ1) is 18.7. The smallest absolute Gasteiger partial charge is 0.407 e. The van der Waals surface area contributed by atoms with Gasteiger partial charge in [0.15, 0.2) is 0 Å². The maximum absolute atomic E-state index is 12.1. The summed E-state index contributed by atoms with van der Waals surface area (Å²) in [6.07, 6.45) is 0.518. The molecule has 1 saturated heterocycles. The van der Waals surface area contributed by atoms with Crippen LogP contribution in [0.5, 0.6) is 0 Å². The zero-order valence-corrected chi connectivity index (χ0v) is 14.6. The van der Waals surface area contributed by atoms with Crippen molar-refractivity contribution in [2.24, 2.45) is 11.8 Å². The second-order valence-electron chi connectivity index (χ2n) is 7.18. The number of piperidine rings is 1. The van der Waals surface area contributed by atoms with Crippen LogP contribution in [0.25, 0.3) is 0 Å². The van der Waals surface area contributed by atoms with E-state index < -0.39 is 11.7 Å². The van der Waals surface area contributed by atoms with Crippen LogP contribution in [0.4, 0.5) is 4.79 Å². The first-order chi connectivity index (χ1) is 10.1. The Morgan fingerprint density at radius 3 is 2.45 bits per heavy atom. The van der Waals surface area contributed by atoms with E-state index in [9.17, 15) is 9.59 Å². The molecule has 3 unspecified atom stereocenters. The van der Waals surface area contributed by atoms with Gasteiger partial charge in [-0.3, -0.25) is 4.79 Å². The highest BCUT2D eigenvalue weighted by Gasteiger charge is 2.33. The number of nitrogens with one attached hydrogen (secondary N) is 1. The lowest BCUT2D eigenvalue weighted by Gasteiger charge is -2.41. The molecule has 128 valence electrons. The van der Waals surface area contributed by atoms with Crippen LogP contribution >= 0.6 is 0 Å². The van der Waals surface area contributed by atoms with Gasteiger partial charge in [-0.15, -0.1) is 0 Å². The Bertz CT molecular complexity index is 392. The van der Waals surface area contributed by atoms with E-state index in [1.807, 2.05) is 25.7 Å². The normalized spacial score (nSPS) is 25.7. The maximum atomic E-state index is 12.1. The average molecular weight is 314 g/mol. The Balaban J connectivity index is 2.55. The van der Waals surface area contributed by atoms with Gasteiger partial charge >= 0.3 is 6.09 Å².